The maximum absolute atomic E-state index is 11.9. The molecule has 0 saturated carbocycles. The number of nitrogens with zero attached hydrogens (tertiary/aromatic N) is 1. The van der Waals surface area contributed by atoms with Crippen LogP contribution in [0.1, 0.15) is 11.1 Å². The van der Waals surface area contributed by atoms with Gasteiger partial charge in [0, 0.05) is 15.6 Å². The van der Waals surface area contributed by atoms with E-state index in [4.69, 9.17) is 27.9 Å². The summed E-state index contributed by atoms with van der Waals surface area (Å²) in [5.74, 6) is -0.204. The van der Waals surface area contributed by atoms with Gasteiger partial charge in [0.05, 0.1) is 0 Å². The van der Waals surface area contributed by atoms with Crippen LogP contribution in [0.15, 0.2) is 59.2 Å². The van der Waals surface area contributed by atoms with Crippen molar-refractivity contribution in [3.05, 3.63) is 75.4 Å². The Morgan fingerprint density at radius 3 is 2.33 bits per heavy atom. The summed E-state index contributed by atoms with van der Waals surface area (Å²) >= 11 is 11.9. The zero-order chi connectivity index (χ0) is 14.8. The van der Waals surface area contributed by atoms with Gasteiger partial charge in [-0.15, -0.1) is 0 Å². The van der Waals surface area contributed by atoms with E-state index in [-0.39, 0.29) is 5.70 Å². The zero-order valence-electron chi connectivity index (χ0n) is 10.7. The number of benzene rings is 2. The molecule has 1 aliphatic rings. The van der Waals surface area contributed by atoms with E-state index in [0.29, 0.717) is 21.5 Å². The van der Waals surface area contributed by atoms with E-state index < -0.39 is 5.97 Å². The van der Waals surface area contributed by atoms with E-state index in [9.17, 15) is 4.79 Å². The highest BCUT2D eigenvalue weighted by Gasteiger charge is 2.23. The molecule has 0 fully saturated rings. The largest absolute Gasteiger partial charge is 0.402 e. The molecule has 0 N–H and O–H groups in total. The summed E-state index contributed by atoms with van der Waals surface area (Å²) in [5.41, 5.74) is 1.66. The van der Waals surface area contributed by atoms with Crippen molar-refractivity contribution < 1.29 is 9.53 Å². The average molecular weight is 318 g/mol. The molecule has 0 aromatic heterocycles. The van der Waals surface area contributed by atoms with E-state index in [1.54, 1.807) is 24.3 Å². The van der Waals surface area contributed by atoms with Gasteiger partial charge in [0.2, 0.25) is 5.90 Å². The predicted molar refractivity (Wildman–Crippen MR) is 83.5 cm³/mol. The summed E-state index contributed by atoms with van der Waals surface area (Å²) in [4.78, 5) is 16.1. The van der Waals surface area contributed by atoms with E-state index in [2.05, 4.69) is 4.99 Å². The molecule has 2 aromatic carbocycles. The standard InChI is InChI=1S/C16H9Cl2NO2/c17-12-6-10(7-13(18)9-12)8-14-16(20)21-15(19-14)11-4-2-1-3-5-11/h1-9H/b14-8-. The molecule has 0 unspecified atom stereocenters. The Morgan fingerprint density at radius 1 is 1.00 bits per heavy atom. The summed E-state index contributed by atoms with van der Waals surface area (Å²) < 4.78 is 5.17. The number of halogens is 2. The van der Waals surface area contributed by atoms with Gasteiger partial charge in [-0.1, -0.05) is 41.4 Å². The number of hydrogen-bond acceptors (Lipinski definition) is 3. The minimum atomic E-state index is -0.495. The molecule has 2 aromatic rings. The fourth-order valence-corrected chi connectivity index (χ4v) is 2.47. The summed E-state index contributed by atoms with van der Waals surface area (Å²) in [7, 11) is 0. The Hall–Kier alpha value is -2.10. The number of carbonyl (C=O) groups is 1. The summed E-state index contributed by atoms with van der Waals surface area (Å²) in [6.07, 6.45) is 1.59. The molecule has 3 nitrogen and oxygen atoms in total. The van der Waals surface area contributed by atoms with Crippen molar-refractivity contribution in [3.8, 4) is 0 Å². The fourth-order valence-electron chi connectivity index (χ4n) is 1.93. The van der Waals surface area contributed by atoms with Crippen molar-refractivity contribution in [2.24, 2.45) is 4.99 Å². The summed E-state index contributed by atoms with van der Waals surface area (Å²) in [6.45, 7) is 0. The number of cyclic esters (lactones) is 1. The van der Waals surface area contributed by atoms with Crippen LogP contribution in [0, 0.1) is 0 Å². The maximum Gasteiger partial charge on any atom is 0.363 e. The topological polar surface area (TPSA) is 38.7 Å². The van der Waals surface area contributed by atoms with Crippen LogP contribution in [0.3, 0.4) is 0 Å². The second-order valence-electron chi connectivity index (χ2n) is 4.40. The van der Waals surface area contributed by atoms with Crippen molar-refractivity contribution in [2.45, 2.75) is 0 Å². The molecular weight excluding hydrogens is 309 g/mol. The quantitative estimate of drug-likeness (QED) is 0.610. The molecule has 1 heterocycles. The monoisotopic (exact) mass is 317 g/mol. The third-order valence-electron chi connectivity index (χ3n) is 2.83. The Bertz CT molecular complexity index is 747. The molecular formula is C16H9Cl2NO2. The van der Waals surface area contributed by atoms with Gasteiger partial charge in [0.25, 0.3) is 0 Å². The van der Waals surface area contributed by atoms with Crippen LogP contribution < -0.4 is 0 Å². The van der Waals surface area contributed by atoms with Crippen LogP contribution in [0.5, 0.6) is 0 Å². The third kappa shape index (κ3) is 3.15. The lowest BCUT2D eigenvalue weighted by Crippen LogP contribution is -2.04. The fraction of sp³-hybridized carbons (Fsp3) is 0. The second kappa shape index (κ2) is 5.72. The van der Waals surface area contributed by atoms with E-state index in [1.165, 1.54) is 0 Å². The van der Waals surface area contributed by atoms with Crippen LogP contribution in [0.2, 0.25) is 10.0 Å². The highest BCUT2D eigenvalue weighted by molar-refractivity contribution is 6.34. The molecule has 0 spiro atoms. The summed E-state index contributed by atoms with van der Waals surface area (Å²) in [5, 5.41) is 0.987. The number of ether oxygens (including phenoxy) is 1. The Balaban J connectivity index is 1.97. The van der Waals surface area contributed by atoms with Crippen molar-refractivity contribution in [1.82, 2.24) is 0 Å². The van der Waals surface area contributed by atoms with Gasteiger partial charge < -0.3 is 4.74 Å². The molecule has 0 bridgehead atoms. The van der Waals surface area contributed by atoms with Crippen molar-refractivity contribution in [2.75, 3.05) is 0 Å². The SMILES string of the molecule is O=C1OC(c2ccccc2)=N/C1=C\c1cc(Cl)cc(Cl)c1. The van der Waals surface area contributed by atoms with Crippen LogP contribution in [-0.4, -0.2) is 11.9 Å². The number of aliphatic imine (C=N–C) groups is 1. The predicted octanol–water partition coefficient (Wildman–Crippen LogP) is 4.34. The minimum Gasteiger partial charge on any atom is -0.402 e. The van der Waals surface area contributed by atoms with Gasteiger partial charge in [-0.3, -0.25) is 0 Å². The first-order chi connectivity index (χ1) is 10.1. The molecule has 0 radical (unpaired) electrons. The average Bonchev–Trinajstić information content (AvgIpc) is 2.80. The first-order valence-electron chi connectivity index (χ1n) is 6.16. The first kappa shape index (κ1) is 13.9. The molecule has 0 amide bonds. The van der Waals surface area contributed by atoms with Gasteiger partial charge in [0.15, 0.2) is 5.70 Å². The first-order valence-corrected chi connectivity index (χ1v) is 6.91. The van der Waals surface area contributed by atoms with Crippen LogP contribution in [0.25, 0.3) is 6.08 Å². The van der Waals surface area contributed by atoms with Gasteiger partial charge >= 0.3 is 5.97 Å². The molecule has 104 valence electrons. The van der Waals surface area contributed by atoms with Gasteiger partial charge in [-0.25, -0.2) is 9.79 Å². The van der Waals surface area contributed by atoms with E-state index >= 15 is 0 Å². The van der Waals surface area contributed by atoms with Crippen LogP contribution >= 0.6 is 23.2 Å². The van der Waals surface area contributed by atoms with Crippen molar-refractivity contribution in [3.63, 3.8) is 0 Å². The van der Waals surface area contributed by atoms with Crippen molar-refractivity contribution in [1.29, 1.82) is 0 Å². The highest BCUT2D eigenvalue weighted by atomic mass is 35.5. The second-order valence-corrected chi connectivity index (χ2v) is 5.28. The lowest BCUT2D eigenvalue weighted by molar-refractivity contribution is -0.129. The number of hydrogen-bond donors (Lipinski definition) is 0. The Labute approximate surface area is 131 Å². The third-order valence-corrected chi connectivity index (χ3v) is 3.27. The maximum atomic E-state index is 11.9. The van der Waals surface area contributed by atoms with Crippen molar-refractivity contribution >= 4 is 41.1 Å². The number of rotatable bonds is 2. The van der Waals surface area contributed by atoms with Gasteiger partial charge in [0.1, 0.15) is 0 Å². The van der Waals surface area contributed by atoms with E-state index in [0.717, 1.165) is 5.56 Å². The summed E-state index contributed by atoms with van der Waals surface area (Å²) in [6, 6.07) is 14.3. The van der Waals surface area contributed by atoms with Gasteiger partial charge in [-0.05, 0) is 42.0 Å². The zero-order valence-corrected chi connectivity index (χ0v) is 12.2. The lowest BCUT2D eigenvalue weighted by atomic mass is 10.2. The minimum absolute atomic E-state index is 0.215. The number of esters is 1. The molecule has 1 aliphatic heterocycles. The molecule has 0 atom stereocenters. The molecule has 21 heavy (non-hydrogen) atoms. The molecule has 0 saturated heterocycles. The molecule has 5 heteroatoms. The Kier molecular flexibility index (Phi) is 3.78. The normalized spacial score (nSPS) is 16.0. The lowest BCUT2D eigenvalue weighted by Gasteiger charge is -1.97. The molecule has 0 aliphatic carbocycles. The van der Waals surface area contributed by atoms with Crippen LogP contribution in [0.4, 0.5) is 0 Å². The van der Waals surface area contributed by atoms with Gasteiger partial charge in [-0.2, -0.15) is 0 Å². The highest BCUT2D eigenvalue weighted by Crippen LogP contribution is 2.23. The number of carbonyl (C=O) groups excluding carboxylic acids is 1. The van der Waals surface area contributed by atoms with Crippen LogP contribution in [-0.2, 0) is 9.53 Å². The van der Waals surface area contributed by atoms with E-state index in [1.807, 2.05) is 30.3 Å². The smallest absolute Gasteiger partial charge is 0.363 e. The molecule has 3 rings (SSSR count). The Morgan fingerprint density at radius 2 is 1.67 bits per heavy atom.